The summed E-state index contributed by atoms with van der Waals surface area (Å²) in [6, 6.07) is 12.9. The van der Waals surface area contributed by atoms with Crippen LogP contribution in [0.25, 0.3) is 5.69 Å². The van der Waals surface area contributed by atoms with E-state index in [1.165, 1.54) is 0 Å². The Balaban J connectivity index is 1.44. The largest absolute Gasteiger partial charge is 0.495 e. The van der Waals surface area contributed by atoms with E-state index < -0.39 is 0 Å². The number of hydrogen-bond donors (Lipinski definition) is 1. The fourth-order valence-electron chi connectivity index (χ4n) is 4.01. The third kappa shape index (κ3) is 4.66. The van der Waals surface area contributed by atoms with Crippen LogP contribution in [0.3, 0.4) is 0 Å². The fourth-order valence-corrected chi connectivity index (χ4v) is 4.01. The summed E-state index contributed by atoms with van der Waals surface area (Å²) in [5.74, 6) is 0.423. The molecule has 0 bridgehead atoms. The van der Waals surface area contributed by atoms with Gasteiger partial charge in [-0.2, -0.15) is 0 Å². The van der Waals surface area contributed by atoms with E-state index >= 15 is 0 Å². The van der Waals surface area contributed by atoms with Crippen LogP contribution in [-0.4, -0.2) is 52.5 Å². The van der Waals surface area contributed by atoms with E-state index in [1.54, 1.807) is 25.6 Å². The summed E-state index contributed by atoms with van der Waals surface area (Å²) in [6.07, 6.45) is 5.31. The molecule has 4 rings (SSSR count). The number of piperidine rings is 1. The second-order valence-electron chi connectivity index (χ2n) is 8.24. The van der Waals surface area contributed by atoms with Gasteiger partial charge in [-0.3, -0.25) is 9.59 Å². The van der Waals surface area contributed by atoms with Crippen molar-refractivity contribution in [3.8, 4) is 11.4 Å². The standard InChI is InChI=1S/C25H28N4O3/c1-17-6-8-19(9-7-17)25(31)28-12-4-5-21(15-28)27-24(30)20-10-11-22(23(13-20)32-3)29-14-18(2)26-16-29/h6-11,13-14,16,21H,4-5,12,15H2,1-3H3,(H,27,30)/t21-/m0/s1. The van der Waals surface area contributed by atoms with Crippen molar-refractivity contribution in [3.05, 3.63) is 77.4 Å². The van der Waals surface area contributed by atoms with Gasteiger partial charge in [0.05, 0.1) is 24.8 Å². The Morgan fingerprint density at radius 3 is 2.53 bits per heavy atom. The monoisotopic (exact) mass is 432 g/mol. The van der Waals surface area contributed by atoms with Gasteiger partial charge < -0.3 is 19.5 Å². The first kappa shape index (κ1) is 21.6. The molecule has 2 aromatic carbocycles. The Morgan fingerprint density at radius 1 is 1.09 bits per heavy atom. The maximum Gasteiger partial charge on any atom is 0.253 e. The molecule has 1 aliphatic heterocycles. The molecular weight excluding hydrogens is 404 g/mol. The van der Waals surface area contributed by atoms with Gasteiger partial charge >= 0.3 is 0 Å². The van der Waals surface area contributed by atoms with Crippen LogP contribution in [0.15, 0.2) is 55.0 Å². The minimum atomic E-state index is -0.175. The van der Waals surface area contributed by atoms with Crippen LogP contribution in [0, 0.1) is 13.8 Å². The fraction of sp³-hybridized carbons (Fsp3) is 0.320. The van der Waals surface area contributed by atoms with Gasteiger partial charge in [-0.1, -0.05) is 17.7 Å². The highest BCUT2D eigenvalue weighted by Crippen LogP contribution is 2.25. The Bertz CT molecular complexity index is 1120. The van der Waals surface area contributed by atoms with Crippen molar-refractivity contribution in [1.82, 2.24) is 19.8 Å². The van der Waals surface area contributed by atoms with Crippen LogP contribution in [-0.2, 0) is 0 Å². The molecule has 166 valence electrons. The zero-order chi connectivity index (χ0) is 22.7. The summed E-state index contributed by atoms with van der Waals surface area (Å²) in [6.45, 7) is 5.12. The lowest BCUT2D eigenvalue weighted by Crippen LogP contribution is -2.49. The zero-order valence-corrected chi connectivity index (χ0v) is 18.7. The first-order valence-electron chi connectivity index (χ1n) is 10.8. The number of carbonyl (C=O) groups excluding carboxylic acids is 2. The summed E-state index contributed by atoms with van der Waals surface area (Å²) >= 11 is 0. The molecule has 0 saturated carbocycles. The molecule has 1 N–H and O–H groups in total. The number of nitrogens with one attached hydrogen (secondary N) is 1. The predicted molar refractivity (Wildman–Crippen MR) is 122 cm³/mol. The number of rotatable bonds is 5. The van der Waals surface area contributed by atoms with Gasteiger partial charge in [0.2, 0.25) is 0 Å². The van der Waals surface area contributed by atoms with Gasteiger partial charge in [0, 0.05) is 36.5 Å². The lowest BCUT2D eigenvalue weighted by atomic mass is 10.0. The Labute approximate surface area is 188 Å². The molecule has 1 aromatic heterocycles. The highest BCUT2D eigenvalue weighted by Gasteiger charge is 2.26. The molecule has 3 aromatic rings. The van der Waals surface area contributed by atoms with Crippen molar-refractivity contribution in [2.45, 2.75) is 32.7 Å². The molecule has 1 saturated heterocycles. The van der Waals surface area contributed by atoms with E-state index in [9.17, 15) is 9.59 Å². The van der Waals surface area contributed by atoms with E-state index in [2.05, 4.69) is 10.3 Å². The highest BCUT2D eigenvalue weighted by atomic mass is 16.5. The van der Waals surface area contributed by atoms with Crippen LogP contribution >= 0.6 is 0 Å². The quantitative estimate of drug-likeness (QED) is 0.669. The SMILES string of the molecule is COc1cc(C(=O)N[C@H]2CCCN(C(=O)c3ccc(C)cc3)C2)ccc1-n1cnc(C)c1. The molecular formula is C25H28N4O3. The maximum absolute atomic E-state index is 12.9. The topological polar surface area (TPSA) is 76.5 Å². The number of carbonyl (C=O) groups is 2. The summed E-state index contributed by atoms with van der Waals surface area (Å²) in [4.78, 5) is 31.9. The molecule has 2 amide bonds. The second kappa shape index (κ2) is 9.26. The van der Waals surface area contributed by atoms with Gasteiger partial charge in [-0.05, 0) is 57.0 Å². The average molecular weight is 433 g/mol. The van der Waals surface area contributed by atoms with Gasteiger partial charge in [0.15, 0.2) is 0 Å². The first-order chi connectivity index (χ1) is 15.4. The number of benzene rings is 2. The van der Waals surface area contributed by atoms with Crippen molar-refractivity contribution in [1.29, 1.82) is 0 Å². The molecule has 1 atom stereocenters. The maximum atomic E-state index is 12.9. The zero-order valence-electron chi connectivity index (χ0n) is 18.7. The number of imidazole rings is 1. The van der Waals surface area contributed by atoms with Crippen LogP contribution in [0.2, 0.25) is 0 Å². The molecule has 0 radical (unpaired) electrons. The van der Waals surface area contributed by atoms with Gasteiger partial charge in [-0.15, -0.1) is 0 Å². The van der Waals surface area contributed by atoms with Crippen molar-refractivity contribution in [2.24, 2.45) is 0 Å². The number of nitrogens with zero attached hydrogens (tertiary/aromatic N) is 3. The minimum absolute atomic E-state index is 0.00518. The van der Waals surface area contributed by atoms with Gasteiger partial charge in [-0.25, -0.2) is 4.98 Å². The van der Waals surface area contributed by atoms with Crippen molar-refractivity contribution < 1.29 is 14.3 Å². The average Bonchev–Trinajstić information content (AvgIpc) is 3.24. The molecule has 0 unspecified atom stereocenters. The second-order valence-corrected chi connectivity index (χ2v) is 8.24. The third-order valence-corrected chi connectivity index (χ3v) is 5.77. The van der Waals surface area contributed by atoms with Gasteiger partial charge in [0.25, 0.3) is 11.8 Å². The van der Waals surface area contributed by atoms with E-state index in [0.29, 0.717) is 30.0 Å². The molecule has 32 heavy (non-hydrogen) atoms. The van der Waals surface area contributed by atoms with Crippen molar-refractivity contribution in [2.75, 3.05) is 20.2 Å². The Hall–Kier alpha value is -3.61. The molecule has 7 nitrogen and oxygen atoms in total. The highest BCUT2D eigenvalue weighted by molar-refractivity contribution is 5.96. The van der Waals surface area contributed by atoms with Gasteiger partial charge in [0.1, 0.15) is 5.75 Å². The first-order valence-corrected chi connectivity index (χ1v) is 10.8. The Kier molecular flexibility index (Phi) is 6.25. The van der Waals surface area contributed by atoms with E-state index in [1.807, 2.05) is 59.8 Å². The molecule has 0 aliphatic carbocycles. The number of amides is 2. The smallest absolute Gasteiger partial charge is 0.253 e. The number of likely N-dealkylation sites (tertiary alicyclic amines) is 1. The normalized spacial score (nSPS) is 16.0. The molecule has 0 spiro atoms. The van der Waals surface area contributed by atoms with E-state index in [0.717, 1.165) is 29.8 Å². The summed E-state index contributed by atoms with van der Waals surface area (Å²) in [5, 5.41) is 3.09. The molecule has 1 aliphatic rings. The Morgan fingerprint density at radius 2 is 1.84 bits per heavy atom. The molecule has 2 heterocycles. The van der Waals surface area contributed by atoms with Crippen molar-refractivity contribution in [3.63, 3.8) is 0 Å². The van der Waals surface area contributed by atoms with Crippen LogP contribution in [0.4, 0.5) is 0 Å². The van der Waals surface area contributed by atoms with Crippen molar-refractivity contribution >= 4 is 11.8 Å². The lowest BCUT2D eigenvalue weighted by Gasteiger charge is -2.33. The number of methoxy groups -OCH3 is 1. The predicted octanol–water partition coefficient (Wildman–Crippen LogP) is 3.53. The van der Waals surface area contributed by atoms with Crippen LogP contribution < -0.4 is 10.1 Å². The summed E-state index contributed by atoms with van der Waals surface area (Å²) in [5.41, 5.74) is 4.03. The number of aryl methyl sites for hydroxylation is 2. The van der Waals surface area contributed by atoms with E-state index in [4.69, 9.17) is 4.74 Å². The number of aromatic nitrogens is 2. The summed E-state index contributed by atoms with van der Waals surface area (Å²) in [7, 11) is 1.58. The lowest BCUT2D eigenvalue weighted by molar-refractivity contribution is 0.0676. The molecule has 1 fully saturated rings. The minimum Gasteiger partial charge on any atom is -0.495 e. The summed E-state index contributed by atoms with van der Waals surface area (Å²) < 4.78 is 7.38. The molecule has 7 heteroatoms. The van der Waals surface area contributed by atoms with Crippen LogP contribution in [0.1, 0.15) is 44.8 Å². The number of hydrogen-bond acceptors (Lipinski definition) is 4. The van der Waals surface area contributed by atoms with E-state index in [-0.39, 0.29) is 17.9 Å². The van der Waals surface area contributed by atoms with Crippen LogP contribution in [0.5, 0.6) is 5.75 Å². The number of ether oxygens (including phenoxy) is 1. The third-order valence-electron chi connectivity index (χ3n) is 5.77.